The standard InChI is InChI=1S/C18H29N3O/c1-13(2)17(21-10-8-20(5)9-11-21)18(22)19-16-7-6-14(3)15(4)12-16/h6-7,12-13,17H,8-11H2,1-5H3,(H,19,22)/t17-/m0/s1. The molecule has 4 nitrogen and oxygen atoms in total. The number of piperazine rings is 1. The molecular formula is C18H29N3O. The van der Waals surface area contributed by atoms with Gasteiger partial charge in [-0.2, -0.15) is 0 Å². The van der Waals surface area contributed by atoms with Crippen molar-refractivity contribution in [1.29, 1.82) is 0 Å². The lowest BCUT2D eigenvalue weighted by molar-refractivity contribution is -0.123. The molecule has 1 aromatic carbocycles. The first-order chi connectivity index (χ1) is 10.4. The second kappa shape index (κ2) is 7.25. The van der Waals surface area contributed by atoms with Crippen molar-refractivity contribution >= 4 is 11.6 Å². The van der Waals surface area contributed by atoms with E-state index in [1.807, 2.05) is 6.07 Å². The van der Waals surface area contributed by atoms with Gasteiger partial charge < -0.3 is 10.2 Å². The Labute approximate surface area is 134 Å². The van der Waals surface area contributed by atoms with Gasteiger partial charge in [0.15, 0.2) is 0 Å². The van der Waals surface area contributed by atoms with Crippen molar-refractivity contribution in [2.24, 2.45) is 5.92 Å². The summed E-state index contributed by atoms with van der Waals surface area (Å²) in [4.78, 5) is 17.4. The molecule has 0 unspecified atom stereocenters. The summed E-state index contributed by atoms with van der Waals surface area (Å²) in [6.07, 6.45) is 0. The highest BCUT2D eigenvalue weighted by Crippen LogP contribution is 2.18. The van der Waals surface area contributed by atoms with Gasteiger partial charge in [0.05, 0.1) is 6.04 Å². The van der Waals surface area contributed by atoms with Crippen LogP contribution in [0.2, 0.25) is 0 Å². The molecule has 122 valence electrons. The molecule has 1 aromatic rings. The van der Waals surface area contributed by atoms with E-state index in [9.17, 15) is 4.79 Å². The molecule has 1 fully saturated rings. The second-order valence-electron chi connectivity index (χ2n) is 6.82. The van der Waals surface area contributed by atoms with Crippen LogP contribution in [0.1, 0.15) is 25.0 Å². The molecule has 1 heterocycles. The minimum atomic E-state index is -0.0599. The van der Waals surface area contributed by atoms with Gasteiger partial charge in [-0.1, -0.05) is 19.9 Å². The number of benzene rings is 1. The molecule has 0 aromatic heterocycles. The maximum Gasteiger partial charge on any atom is 0.241 e. The average molecular weight is 303 g/mol. The molecule has 1 amide bonds. The van der Waals surface area contributed by atoms with Crippen LogP contribution < -0.4 is 5.32 Å². The molecule has 1 atom stereocenters. The van der Waals surface area contributed by atoms with Gasteiger partial charge in [0.1, 0.15) is 0 Å². The predicted molar refractivity (Wildman–Crippen MR) is 92.2 cm³/mol. The smallest absolute Gasteiger partial charge is 0.241 e. The van der Waals surface area contributed by atoms with Gasteiger partial charge in [0.2, 0.25) is 5.91 Å². The van der Waals surface area contributed by atoms with Crippen molar-refractivity contribution in [2.75, 3.05) is 38.5 Å². The fourth-order valence-corrected chi connectivity index (χ4v) is 3.03. The summed E-state index contributed by atoms with van der Waals surface area (Å²) in [5, 5.41) is 3.11. The Hall–Kier alpha value is -1.39. The molecule has 0 radical (unpaired) electrons. The van der Waals surface area contributed by atoms with E-state index >= 15 is 0 Å². The van der Waals surface area contributed by atoms with E-state index in [2.05, 4.69) is 62.0 Å². The molecule has 1 aliphatic heterocycles. The van der Waals surface area contributed by atoms with Crippen molar-refractivity contribution in [3.8, 4) is 0 Å². The topological polar surface area (TPSA) is 35.6 Å². The normalized spacial score (nSPS) is 18.5. The minimum Gasteiger partial charge on any atom is -0.325 e. The number of rotatable bonds is 4. The van der Waals surface area contributed by atoms with Crippen LogP contribution in [0.15, 0.2) is 18.2 Å². The number of amides is 1. The Morgan fingerprint density at radius 3 is 2.27 bits per heavy atom. The first-order valence-electron chi connectivity index (χ1n) is 8.19. The third-order valence-corrected chi connectivity index (χ3v) is 4.61. The third-order valence-electron chi connectivity index (χ3n) is 4.61. The third kappa shape index (κ3) is 4.08. The molecule has 22 heavy (non-hydrogen) atoms. The number of anilines is 1. The van der Waals surface area contributed by atoms with Gasteiger partial charge in [-0.05, 0) is 50.1 Å². The van der Waals surface area contributed by atoms with E-state index in [-0.39, 0.29) is 11.9 Å². The minimum absolute atomic E-state index is 0.0599. The van der Waals surface area contributed by atoms with Crippen LogP contribution >= 0.6 is 0 Å². The fourth-order valence-electron chi connectivity index (χ4n) is 3.03. The van der Waals surface area contributed by atoms with E-state index in [4.69, 9.17) is 0 Å². The summed E-state index contributed by atoms with van der Waals surface area (Å²) >= 11 is 0. The molecule has 0 bridgehead atoms. The quantitative estimate of drug-likeness (QED) is 0.928. The number of aryl methyl sites for hydroxylation is 2. The number of hydrogen-bond donors (Lipinski definition) is 1. The maximum absolute atomic E-state index is 12.8. The van der Waals surface area contributed by atoms with Crippen molar-refractivity contribution in [2.45, 2.75) is 33.7 Å². The highest BCUT2D eigenvalue weighted by molar-refractivity contribution is 5.95. The molecule has 1 saturated heterocycles. The van der Waals surface area contributed by atoms with Crippen LogP contribution in [0.3, 0.4) is 0 Å². The predicted octanol–water partition coefficient (Wildman–Crippen LogP) is 2.51. The summed E-state index contributed by atoms with van der Waals surface area (Å²) in [7, 11) is 2.14. The monoisotopic (exact) mass is 303 g/mol. The Bertz CT molecular complexity index is 519. The summed E-state index contributed by atoms with van der Waals surface area (Å²) in [5.74, 6) is 0.415. The van der Waals surface area contributed by atoms with Gasteiger partial charge >= 0.3 is 0 Å². The SMILES string of the molecule is Cc1ccc(NC(=O)[C@H](C(C)C)N2CCN(C)CC2)cc1C. The average Bonchev–Trinajstić information content (AvgIpc) is 2.45. The van der Waals surface area contributed by atoms with Gasteiger partial charge in [-0.3, -0.25) is 9.69 Å². The van der Waals surface area contributed by atoms with Crippen LogP contribution in [0.4, 0.5) is 5.69 Å². The largest absolute Gasteiger partial charge is 0.325 e. The molecule has 4 heteroatoms. The first-order valence-corrected chi connectivity index (χ1v) is 8.19. The Kier molecular flexibility index (Phi) is 5.59. The molecule has 0 aliphatic carbocycles. The molecular weight excluding hydrogens is 274 g/mol. The van der Waals surface area contributed by atoms with E-state index < -0.39 is 0 Å². The zero-order valence-corrected chi connectivity index (χ0v) is 14.5. The van der Waals surface area contributed by atoms with Crippen molar-refractivity contribution in [1.82, 2.24) is 9.80 Å². The molecule has 0 spiro atoms. The van der Waals surface area contributed by atoms with Crippen LogP contribution in [0, 0.1) is 19.8 Å². The highest BCUT2D eigenvalue weighted by Gasteiger charge is 2.30. The number of nitrogens with one attached hydrogen (secondary N) is 1. The van der Waals surface area contributed by atoms with E-state index in [1.165, 1.54) is 11.1 Å². The Balaban J connectivity index is 2.07. The van der Waals surface area contributed by atoms with Crippen LogP contribution in [0.5, 0.6) is 0 Å². The van der Waals surface area contributed by atoms with Gasteiger partial charge in [0, 0.05) is 31.9 Å². The molecule has 2 rings (SSSR count). The number of nitrogens with zero attached hydrogens (tertiary/aromatic N) is 2. The molecule has 0 saturated carbocycles. The van der Waals surface area contributed by atoms with Crippen molar-refractivity contribution < 1.29 is 4.79 Å². The molecule has 1 N–H and O–H groups in total. The summed E-state index contributed by atoms with van der Waals surface area (Å²) in [6.45, 7) is 12.4. The van der Waals surface area contributed by atoms with E-state index in [1.54, 1.807) is 0 Å². The Morgan fingerprint density at radius 1 is 1.09 bits per heavy atom. The van der Waals surface area contributed by atoms with E-state index in [0.717, 1.165) is 31.9 Å². The summed E-state index contributed by atoms with van der Waals surface area (Å²) < 4.78 is 0. The lowest BCUT2D eigenvalue weighted by Gasteiger charge is -2.38. The molecule has 1 aliphatic rings. The van der Waals surface area contributed by atoms with Gasteiger partial charge in [-0.15, -0.1) is 0 Å². The number of hydrogen-bond acceptors (Lipinski definition) is 3. The highest BCUT2D eigenvalue weighted by atomic mass is 16.2. The van der Waals surface area contributed by atoms with E-state index in [0.29, 0.717) is 5.92 Å². The van der Waals surface area contributed by atoms with Gasteiger partial charge in [-0.25, -0.2) is 0 Å². The lowest BCUT2D eigenvalue weighted by Crippen LogP contribution is -2.54. The van der Waals surface area contributed by atoms with Crippen molar-refractivity contribution in [3.63, 3.8) is 0 Å². The Morgan fingerprint density at radius 2 is 1.73 bits per heavy atom. The lowest BCUT2D eigenvalue weighted by atomic mass is 10.00. The second-order valence-corrected chi connectivity index (χ2v) is 6.82. The van der Waals surface area contributed by atoms with Crippen molar-refractivity contribution in [3.05, 3.63) is 29.3 Å². The van der Waals surface area contributed by atoms with Crippen LogP contribution in [-0.4, -0.2) is 55.0 Å². The van der Waals surface area contributed by atoms with Gasteiger partial charge in [0.25, 0.3) is 0 Å². The fraction of sp³-hybridized carbons (Fsp3) is 0.611. The maximum atomic E-state index is 12.8. The first kappa shape index (κ1) is 17.0. The van der Waals surface area contributed by atoms with Crippen LogP contribution in [-0.2, 0) is 4.79 Å². The summed E-state index contributed by atoms with van der Waals surface area (Å²) in [6, 6.07) is 6.04. The number of carbonyl (C=O) groups is 1. The van der Waals surface area contributed by atoms with Crippen LogP contribution in [0.25, 0.3) is 0 Å². The zero-order chi connectivity index (χ0) is 16.3. The number of carbonyl (C=O) groups excluding carboxylic acids is 1. The summed E-state index contributed by atoms with van der Waals surface area (Å²) in [5.41, 5.74) is 3.35. The number of likely N-dealkylation sites (N-methyl/N-ethyl adjacent to an activating group) is 1. The zero-order valence-electron chi connectivity index (χ0n) is 14.5.